The molecule has 1 unspecified atom stereocenters. The van der Waals surface area contributed by atoms with E-state index < -0.39 is 18.6 Å². The molecule has 1 heterocycles. The highest BCUT2D eigenvalue weighted by atomic mass is 19.1. The summed E-state index contributed by atoms with van der Waals surface area (Å²) < 4.78 is 13.5. The van der Waals surface area contributed by atoms with Crippen LogP contribution in [0.15, 0.2) is 6.07 Å². The van der Waals surface area contributed by atoms with E-state index in [0.717, 1.165) is 0 Å². The first kappa shape index (κ1) is 10.5. The maximum absolute atomic E-state index is 12.1. The molecule has 0 spiro atoms. The fourth-order valence-corrected chi connectivity index (χ4v) is 0.929. The molecule has 0 aliphatic carbocycles. The summed E-state index contributed by atoms with van der Waals surface area (Å²) in [6.45, 7) is 0.970. The van der Waals surface area contributed by atoms with Gasteiger partial charge in [-0.3, -0.25) is 9.48 Å². The number of nitrogen functional groups attached to an aromatic ring is 1. The highest BCUT2D eigenvalue weighted by Gasteiger charge is 2.13. The molecule has 0 saturated carbocycles. The lowest BCUT2D eigenvalue weighted by atomic mass is 10.3. The van der Waals surface area contributed by atoms with E-state index in [-0.39, 0.29) is 5.69 Å². The molecule has 1 rings (SSSR count). The second-order valence-electron chi connectivity index (χ2n) is 3.11. The van der Waals surface area contributed by atoms with Gasteiger partial charge in [-0.25, -0.2) is 4.39 Å². The predicted molar refractivity (Wildman–Crippen MR) is 50.5 cm³/mol. The summed E-state index contributed by atoms with van der Waals surface area (Å²) >= 11 is 0. The molecule has 0 saturated heterocycles. The zero-order chi connectivity index (χ0) is 10.7. The number of alkyl halides is 1. The molecule has 78 valence electrons. The summed E-state index contributed by atoms with van der Waals surface area (Å²) in [5.74, 6) is -0.0227. The Kier molecular flexibility index (Phi) is 3.06. The number of amides is 1. The van der Waals surface area contributed by atoms with Crippen LogP contribution in [-0.4, -0.2) is 28.4 Å². The zero-order valence-electron chi connectivity index (χ0n) is 8.12. The Hall–Kier alpha value is -1.59. The van der Waals surface area contributed by atoms with Gasteiger partial charge in [0.2, 0.25) is 0 Å². The molecule has 0 bridgehead atoms. The summed E-state index contributed by atoms with van der Waals surface area (Å²) in [5.41, 5.74) is 5.69. The average molecular weight is 200 g/mol. The van der Waals surface area contributed by atoms with Crippen LogP contribution in [0.1, 0.15) is 17.4 Å². The molecular weight excluding hydrogens is 187 g/mol. The van der Waals surface area contributed by atoms with Crippen LogP contribution in [0.3, 0.4) is 0 Å². The van der Waals surface area contributed by atoms with Gasteiger partial charge in [-0.1, -0.05) is 0 Å². The minimum absolute atomic E-state index is 0.199. The van der Waals surface area contributed by atoms with Crippen molar-refractivity contribution < 1.29 is 9.18 Å². The van der Waals surface area contributed by atoms with Crippen LogP contribution in [0.2, 0.25) is 0 Å². The van der Waals surface area contributed by atoms with Crippen LogP contribution in [0.25, 0.3) is 0 Å². The molecule has 0 fully saturated rings. The zero-order valence-corrected chi connectivity index (χ0v) is 8.12. The molecule has 1 atom stereocenters. The Labute approximate surface area is 81.1 Å². The lowest BCUT2D eigenvalue weighted by Crippen LogP contribution is -2.34. The average Bonchev–Trinajstić information content (AvgIpc) is 2.47. The number of anilines is 1. The number of nitrogens with two attached hydrogens (primary N) is 1. The van der Waals surface area contributed by atoms with Crippen molar-refractivity contribution in [1.82, 2.24) is 15.1 Å². The van der Waals surface area contributed by atoms with E-state index in [0.29, 0.717) is 5.82 Å². The van der Waals surface area contributed by atoms with Crippen molar-refractivity contribution in [3.05, 3.63) is 11.8 Å². The van der Waals surface area contributed by atoms with Crippen LogP contribution in [-0.2, 0) is 7.05 Å². The maximum atomic E-state index is 12.1. The van der Waals surface area contributed by atoms with E-state index in [4.69, 9.17) is 5.73 Å². The Morgan fingerprint density at radius 2 is 2.50 bits per heavy atom. The molecule has 14 heavy (non-hydrogen) atoms. The maximum Gasteiger partial charge on any atom is 0.272 e. The molecule has 1 aromatic heterocycles. The van der Waals surface area contributed by atoms with Crippen molar-refractivity contribution in [3.63, 3.8) is 0 Å². The van der Waals surface area contributed by atoms with Gasteiger partial charge in [0, 0.05) is 13.1 Å². The van der Waals surface area contributed by atoms with Gasteiger partial charge in [0.15, 0.2) is 5.69 Å². The highest BCUT2D eigenvalue weighted by Crippen LogP contribution is 2.04. The lowest BCUT2D eigenvalue weighted by Gasteiger charge is -2.07. The monoisotopic (exact) mass is 200 g/mol. The number of rotatable bonds is 3. The minimum Gasteiger partial charge on any atom is -0.384 e. The summed E-state index contributed by atoms with van der Waals surface area (Å²) in [4.78, 5) is 11.4. The number of aromatic nitrogens is 2. The second-order valence-corrected chi connectivity index (χ2v) is 3.11. The molecule has 0 aliphatic heterocycles. The van der Waals surface area contributed by atoms with Crippen LogP contribution < -0.4 is 11.1 Å². The van der Waals surface area contributed by atoms with E-state index in [1.165, 1.54) is 10.7 Å². The van der Waals surface area contributed by atoms with E-state index in [2.05, 4.69) is 10.4 Å². The number of halogens is 1. The summed E-state index contributed by atoms with van der Waals surface area (Å²) in [7, 11) is 1.63. The van der Waals surface area contributed by atoms with Crippen molar-refractivity contribution in [2.75, 3.05) is 12.4 Å². The number of carbonyl (C=O) groups is 1. The summed E-state index contributed by atoms with van der Waals surface area (Å²) in [6.07, 6.45) is 0. The molecule has 0 radical (unpaired) electrons. The van der Waals surface area contributed by atoms with Gasteiger partial charge in [-0.2, -0.15) is 5.10 Å². The predicted octanol–water partition coefficient (Wildman–Crippen LogP) is 0.0901. The van der Waals surface area contributed by atoms with Crippen molar-refractivity contribution in [2.24, 2.45) is 7.05 Å². The smallest absolute Gasteiger partial charge is 0.272 e. The van der Waals surface area contributed by atoms with Gasteiger partial charge in [0.05, 0.1) is 6.04 Å². The Morgan fingerprint density at radius 1 is 1.86 bits per heavy atom. The second kappa shape index (κ2) is 4.08. The van der Waals surface area contributed by atoms with E-state index >= 15 is 0 Å². The Bertz CT molecular complexity index is 317. The number of nitrogens with zero attached hydrogens (tertiary/aromatic N) is 2. The number of hydrogen-bond donors (Lipinski definition) is 2. The first-order valence-electron chi connectivity index (χ1n) is 4.21. The molecule has 3 N–H and O–H groups in total. The molecular formula is C8H13FN4O. The number of nitrogens with one attached hydrogen (secondary N) is 1. The number of aryl methyl sites for hydroxylation is 1. The third-order valence-corrected chi connectivity index (χ3v) is 1.76. The van der Waals surface area contributed by atoms with Crippen molar-refractivity contribution >= 4 is 11.7 Å². The molecule has 0 aromatic carbocycles. The van der Waals surface area contributed by atoms with E-state index in [1.54, 1.807) is 14.0 Å². The Balaban J connectivity index is 2.70. The number of hydrogen-bond acceptors (Lipinski definition) is 3. The van der Waals surface area contributed by atoms with Crippen LogP contribution in [0.4, 0.5) is 10.2 Å². The van der Waals surface area contributed by atoms with Crippen molar-refractivity contribution in [1.29, 1.82) is 0 Å². The lowest BCUT2D eigenvalue weighted by molar-refractivity contribution is 0.0928. The van der Waals surface area contributed by atoms with Gasteiger partial charge in [0.1, 0.15) is 12.5 Å². The molecule has 6 heteroatoms. The van der Waals surface area contributed by atoms with Gasteiger partial charge in [0.25, 0.3) is 5.91 Å². The third kappa shape index (κ3) is 2.21. The highest BCUT2D eigenvalue weighted by molar-refractivity contribution is 5.93. The first-order chi connectivity index (χ1) is 6.54. The molecule has 5 nitrogen and oxygen atoms in total. The van der Waals surface area contributed by atoms with Crippen molar-refractivity contribution in [2.45, 2.75) is 13.0 Å². The summed E-state index contributed by atoms with van der Waals surface area (Å²) in [5, 5.41) is 6.30. The first-order valence-corrected chi connectivity index (χ1v) is 4.21. The van der Waals surface area contributed by atoms with Crippen LogP contribution in [0.5, 0.6) is 0 Å². The van der Waals surface area contributed by atoms with Crippen LogP contribution in [0, 0.1) is 0 Å². The van der Waals surface area contributed by atoms with Gasteiger partial charge < -0.3 is 11.1 Å². The molecule has 1 amide bonds. The molecule has 0 aliphatic rings. The van der Waals surface area contributed by atoms with E-state index in [9.17, 15) is 9.18 Å². The SMILES string of the molecule is CC(CF)NC(=O)c1cc(N)n(C)n1. The van der Waals surface area contributed by atoms with Crippen molar-refractivity contribution in [3.8, 4) is 0 Å². The topological polar surface area (TPSA) is 72.9 Å². The quantitative estimate of drug-likeness (QED) is 0.726. The third-order valence-electron chi connectivity index (χ3n) is 1.76. The van der Waals surface area contributed by atoms with Gasteiger partial charge in [-0.05, 0) is 6.92 Å². The fourth-order valence-electron chi connectivity index (χ4n) is 0.929. The van der Waals surface area contributed by atoms with Crippen LogP contribution >= 0.6 is 0 Å². The van der Waals surface area contributed by atoms with Gasteiger partial charge in [-0.15, -0.1) is 0 Å². The normalized spacial score (nSPS) is 12.5. The van der Waals surface area contributed by atoms with Gasteiger partial charge >= 0.3 is 0 Å². The van der Waals surface area contributed by atoms with E-state index in [1.807, 2.05) is 0 Å². The fraction of sp³-hybridized carbons (Fsp3) is 0.500. The molecule has 1 aromatic rings. The number of carbonyl (C=O) groups excluding carboxylic acids is 1. The Morgan fingerprint density at radius 3 is 2.93 bits per heavy atom. The minimum atomic E-state index is -0.603. The summed E-state index contributed by atoms with van der Waals surface area (Å²) in [6, 6.07) is 0.936. The largest absolute Gasteiger partial charge is 0.384 e. The standard InChI is InChI=1S/C8H13FN4O/c1-5(4-9)11-8(14)6-3-7(10)13(2)12-6/h3,5H,4,10H2,1-2H3,(H,11,14).